The summed E-state index contributed by atoms with van der Waals surface area (Å²) in [5, 5.41) is 0. The van der Waals surface area contributed by atoms with Crippen molar-refractivity contribution in [2.24, 2.45) is 0 Å². The Bertz CT molecular complexity index is 312. The smallest absolute Gasteiger partial charge is 0.321 e. The maximum Gasteiger partial charge on any atom is 0.321 e. The fraction of sp³-hybridized carbons (Fsp3) is 0.200. The van der Waals surface area contributed by atoms with E-state index in [1.54, 1.807) is 13.2 Å². The number of methoxy groups -OCH3 is 1. The molecule has 3 radical (unpaired) electrons. The predicted molar refractivity (Wildman–Crippen MR) is 54.4 cm³/mol. The topological polar surface area (TPSA) is 27.7 Å². The lowest BCUT2D eigenvalue weighted by Gasteiger charge is -2.08. The molecule has 0 atom stereocenters. The van der Waals surface area contributed by atoms with Gasteiger partial charge in [-0.25, -0.2) is 4.58 Å². The van der Waals surface area contributed by atoms with E-state index >= 15 is 0 Å². The minimum atomic E-state index is 0.523. The normalized spacial score (nSPS) is 9.57. The van der Waals surface area contributed by atoms with Crippen molar-refractivity contribution in [3.8, 4) is 11.5 Å². The zero-order valence-corrected chi connectivity index (χ0v) is 8.95. The number of rotatable bonds is 5. The summed E-state index contributed by atoms with van der Waals surface area (Å²) >= 11 is 0. The SMILES string of the molecule is C=CCc1ccc(OO[Si])c(OC)c1. The van der Waals surface area contributed by atoms with Crippen LogP contribution in [0.5, 0.6) is 11.5 Å². The molecule has 0 unspecified atom stereocenters. The second-order valence-electron chi connectivity index (χ2n) is 2.64. The van der Waals surface area contributed by atoms with Crippen LogP contribution in [0.25, 0.3) is 0 Å². The molecule has 0 amide bonds. The van der Waals surface area contributed by atoms with Gasteiger partial charge < -0.3 is 9.62 Å². The first kappa shape index (κ1) is 10.8. The fourth-order valence-electron chi connectivity index (χ4n) is 1.12. The quantitative estimate of drug-likeness (QED) is 0.319. The van der Waals surface area contributed by atoms with Gasteiger partial charge in [0.15, 0.2) is 5.75 Å². The Morgan fingerprint density at radius 2 is 2.21 bits per heavy atom. The third-order valence-electron chi connectivity index (χ3n) is 1.74. The summed E-state index contributed by atoms with van der Waals surface area (Å²) in [4.78, 5) is 4.82. The maximum absolute atomic E-state index is 5.12. The third-order valence-corrected chi connectivity index (χ3v) is 1.82. The molecule has 1 aromatic carbocycles. The van der Waals surface area contributed by atoms with Crippen LogP contribution in [0.3, 0.4) is 0 Å². The predicted octanol–water partition coefficient (Wildman–Crippen LogP) is 1.82. The van der Waals surface area contributed by atoms with Crippen LogP contribution >= 0.6 is 0 Å². The Hall–Kier alpha value is -1.26. The van der Waals surface area contributed by atoms with Crippen molar-refractivity contribution >= 4 is 10.5 Å². The zero-order valence-electron chi connectivity index (χ0n) is 7.95. The zero-order chi connectivity index (χ0) is 10.4. The first-order chi connectivity index (χ1) is 6.81. The molecule has 0 bridgehead atoms. The molecule has 0 fully saturated rings. The van der Waals surface area contributed by atoms with Crippen LogP contribution in [-0.4, -0.2) is 17.6 Å². The molecule has 1 rings (SSSR count). The summed E-state index contributed by atoms with van der Waals surface area (Å²) in [6.45, 7) is 3.67. The molecule has 0 saturated heterocycles. The van der Waals surface area contributed by atoms with E-state index in [0.717, 1.165) is 12.0 Å². The highest BCUT2D eigenvalue weighted by atomic mass is 28.2. The lowest BCUT2D eigenvalue weighted by atomic mass is 10.1. The number of benzene rings is 1. The lowest BCUT2D eigenvalue weighted by Crippen LogP contribution is -1.96. The summed E-state index contributed by atoms with van der Waals surface area (Å²) < 4.78 is 9.50. The van der Waals surface area contributed by atoms with Crippen LogP contribution in [0.15, 0.2) is 30.9 Å². The molecule has 0 heterocycles. The fourth-order valence-corrected chi connectivity index (χ4v) is 1.21. The van der Waals surface area contributed by atoms with Crippen molar-refractivity contribution in [2.45, 2.75) is 6.42 Å². The minimum Gasteiger partial charge on any atom is -0.493 e. The van der Waals surface area contributed by atoms with Crippen molar-refractivity contribution in [2.75, 3.05) is 7.11 Å². The van der Waals surface area contributed by atoms with Gasteiger partial charge in [-0.3, -0.25) is 0 Å². The van der Waals surface area contributed by atoms with E-state index in [1.165, 1.54) is 0 Å². The summed E-state index contributed by atoms with van der Waals surface area (Å²) in [7, 11) is 4.33. The lowest BCUT2D eigenvalue weighted by molar-refractivity contribution is -0.0949. The molecular formula is C10H11O3Si. The molecule has 73 valence electrons. The van der Waals surface area contributed by atoms with Crippen LogP contribution < -0.4 is 9.62 Å². The van der Waals surface area contributed by atoms with Crippen molar-refractivity contribution in [3.05, 3.63) is 36.4 Å². The molecule has 0 aliphatic heterocycles. The van der Waals surface area contributed by atoms with Crippen LogP contribution in [0, 0.1) is 0 Å². The minimum absolute atomic E-state index is 0.523. The first-order valence-corrected chi connectivity index (χ1v) is 4.50. The first-order valence-electron chi connectivity index (χ1n) is 4.10. The van der Waals surface area contributed by atoms with Crippen molar-refractivity contribution in [1.82, 2.24) is 0 Å². The molecule has 1 aromatic rings. The Kier molecular flexibility index (Phi) is 4.22. The molecule has 0 aliphatic rings. The monoisotopic (exact) mass is 207 g/mol. The number of ether oxygens (including phenoxy) is 1. The van der Waals surface area contributed by atoms with Crippen molar-refractivity contribution < 1.29 is 14.2 Å². The molecule has 3 nitrogen and oxygen atoms in total. The Morgan fingerprint density at radius 1 is 1.43 bits per heavy atom. The van der Waals surface area contributed by atoms with Gasteiger partial charge in [-0.2, -0.15) is 0 Å². The largest absolute Gasteiger partial charge is 0.493 e. The van der Waals surface area contributed by atoms with E-state index < -0.39 is 0 Å². The summed E-state index contributed by atoms with van der Waals surface area (Å²) in [5.74, 6) is 1.15. The van der Waals surface area contributed by atoms with Gasteiger partial charge in [-0.15, -0.1) is 6.58 Å². The highest BCUT2D eigenvalue weighted by Gasteiger charge is 2.05. The van der Waals surface area contributed by atoms with Crippen LogP contribution in [0.1, 0.15) is 5.56 Å². The average molecular weight is 207 g/mol. The van der Waals surface area contributed by atoms with Gasteiger partial charge in [0, 0.05) is 0 Å². The molecule has 0 saturated carbocycles. The van der Waals surface area contributed by atoms with Gasteiger partial charge in [-0.1, -0.05) is 12.1 Å². The van der Waals surface area contributed by atoms with Gasteiger partial charge in [0.25, 0.3) is 0 Å². The Balaban J connectivity index is 2.92. The van der Waals surface area contributed by atoms with E-state index in [1.807, 2.05) is 18.2 Å². The standard InChI is InChI=1S/C10H11O3Si/c1-3-4-8-5-6-9(12-13-14)10(7-8)11-2/h3,5-7H,1,4H2,2H3. The van der Waals surface area contributed by atoms with Gasteiger partial charge in [0.1, 0.15) is 0 Å². The molecule has 0 N–H and O–H groups in total. The second-order valence-corrected chi connectivity index (χ2v) is 2.81. The van der Waals surface area contributed by atoms with Crippen LogP contribution in [-0.2, 0) is 11.0 Å². The van der Waals surface area contributed by atoms with Crippen LogP contribution in [0.2, 0.25) is 0 Å². The van der Waals surface area contributed by atoms with E-state index in [0.29, 0.717) is 11.5 Å². The van der Waals surface area contributed by atoms with Crippen molar-refractivity contribution in [1.29, 1.82) is 0 Å². The Labute approximate surface area is 86.8 Å². The summed E-state index contributed by atoms with van der Waals surface area (Å²) in [5.41, 5.74) is 1.11. The molecule has 0 aromatic heterocycles. The molecule has 0 spiro atoms. The van der Waals surface area contributed by atoms with Gasteiger partial charge in [0.2, 0.25) is 5.75 Å². The summed E-state index contributed by atoms with van der Waals surface area (Å²) in [6, 6.07) is 5.57. The van der Waals surface area contributed by atoms with E-state index in [4.69, 9.17) is 9.62 Å². The van der Waals surface area contributed by atoms with E-state index in [2.05, 4.69) is 21.6 Å². The van der Waals surface area contributed by atoms with Gasteiger partial charge in [-0.05, 0) is 24.1 Å². The van der Waals surface area contributed by atoms with E-state index in [9.17, 15) is 0 Å². The number of allylic oxidation sites excluding steroid dienone is 1. The second kappa shape index (κ2) is 5.46. The van der Waals surface area contributed by atoms with Crippen molar-refractivity contribution in [3.63, 3.8) is 0 Å². The third kappa shape index (κ3) is 2.61. The molecule has 4 heteroatoms. The molecular weight excluding hydrogens is 196 g/mol. The van der Waals surface area contributed by atoms with Gasteiger partial charge >= 0.3 is 10.5 Å². The highest BCUT2D eigenvalue weighted by molar-refractivity contribution is 5.97. The number of hydrogen-bond donors (Lipinski definition) is 0. The van der Waals surface area contributed by atoms with E-state index in [-0.39, 0.29) is 0 Å². The average Bonchev–Trinajstić information content (AvgIpc) is 2.21. The summed E-state index contributed by atoms with van der Waals surface area (Å²) in [6.07, 6.45) is 2.63. The molecule has 14 heavy (non-hydrogen) atoms. The van der Waals surface area contributed by atoms with Crippen LogP contribution in [0.4, 0.5) is 0 Å². The number of hydrogen-bond acceptors (Lipinski definition) is 3. The molecule has 0 aliphatic carbocycles. The Morgan fingerprint density at radius 3 is 2.79 bits per heavy atom. The highest BCUT2D eigenvalue weighted by Crippen LogP contribution is 2.28. The maximum atomic E-state index is 5.12. The van der Waals surface area contributed by atoms with Gasteiger partial charge in [0.05, 0.1) is 7.11 Å².